The monoisotopic (exact) mass is 328 g/mol. The summed E-state index contributed by atoms with van der Waals surface area (Å²) in [7, 11) is 1.74. The number of hydrogen-bond donors (Lipinski definition) is 1. The lowest BCUT2D eigenvalue weighted by molar-refractivity contribution is 0.287. The van der Waals surface area contributed by atoms with Gasteiger partial charge in [-0.2, -0.15) is 0 Å². The molecule has 1 N–H and O–H groups in total. The first-order chi connectivity index (χ1) is 9.11. The van der Waals surface area contributed by atoms with Gasteiger partial charge in [-0.25, -0.2) is 13.8 Å². The van der Waals surface area contributed by atoms with Crippen molar-refractivity contribution in [2.24, 2.45) is 0 Å². The molecule has 1 aromatic heterocycles. The van der Waals surface area contributed by atoms with Crippen LogP contribution in [0.4, 0.5) is 14.6 Å². The smallest absolute Gasteiger partial charge is 0.169 e. The zero-order valence-electron chi connectivity index (χ0n) is 10.1. The number of hydrogen-bond acceptors (Lipinski definition) is 3. The third-order valence-electron chi connectivity index (χ3n) is 2.46. The summed E-state index contributed by atoms with van der Waals surface area (Å²) in [6.45, 7) is 0.130. The van der Waals surface area contributed by atoms with Crippen molar-refractivity contribution in [3.05, 3.63) is 52.1 Å². The van der Waals surface area contributed by atoms with Crippen molar-refractivity contribution in [1.82, 2.24) is 4.98 Å². The van der Waals surface area contributed by atoms with E-state index in [2.05, 4.69) is 26.2 Å². The van der Waals surface area contributed by atoms with E-state index in [-0.39, 0.29) is 16.8 Å². The van der Waals surface area contributed by atoms with E-state index in [0.717, 1.165) is 17.7 Å². The molecule has 0 fully saturated rings. The summed E-state index contributed by atoms with van der Waals surface area (Å²) in [5, 5.41) is 2.91. The Morgan fingerprint density at radius 3 is 2.84 bits per heavy atom. The van der Waals surface area contributed by atoms with Crippen LogP contribution >= 0.6 is 15.9 Å². The molecule has 6 heteroatoms. The zero-order valence-corrected chi connectivity index (χ0v) is 11.7. The second kappa shape index (κ2) is 5.97. The number of anilines is 1. The van der Waals surface area contributed by atoms with Crippen LogP contribution in [0.25, 0.3) is 0 Å². The van der Waals surface area contributed by atoms with E-state index in [4.69, 9.17) is 4.74 Å². The Balaban J connectivity index is 2.19. The first-order valence-electron chi connectivity index (χ1n) is 5.51. The van der Waals surface area contributed by atoms with Gasteiger partial charge < -0.3 is 10.1 Å². The van der Waals surface area contributed by atoms with Crippen molar-refractivity contribution < 1.29 is 13.5 Å². The average molecular weight is 329 g/mol. The molecule has 0 unspecified atom stereocenters. The highest BCUT2D eigenvalue weighted by Crippen LogP contribution is 2.30. The van der Waals surface area contributed by atoms with Crippen molar-refractivity contribution in [2.75, 3.05) is 12.4 Å². The number of pyridine rings is 1. The number of halogens is 3. The van der Waals surface area contributed by atoms with Gasteiger partial charge in [-0.1, -0.05) is 6.07 Å². The van der Waals surface area contributed by atoms with Gasteiger partial charge >= 0.3 is 0 Å². The fourth-order valence-electron chi connectivity index (χ4n) is 1.60. The summed E-state index contributed by atoms with van der Waals surface area (Å²) in [6.07, 6.45) is 1.64. The molecule has 0 bridgehead atoms. The van der Waals surface area contributed by atoms with Gasteiger partial charge in [0.25, 0.3) is 0 Å². The minimum atomic E-state index is -0.748. The highest BCUT2D eigenvalue weighted by atomic mass is 79.9. The second-order valence-corrected chi connectivity index (χ2v) is 4.60. The van der Waals surface area contributed by atoms with Gasteiger partial charge in [-0.15, -0.1) is 0 Å². The predicted octanol–water partition coefficient (Wildman–Crippen LogP) is 3.74. The van der Waals surface area contributed by atoms with Crippen LogP contribution < -0.4 is 10.1 Å². The first kappa shape index (κ1) is 13.7. The predicted molar refractivity (Wildman–Crippen MR) is 72.2 cm³/mol. The van der Waals surface area contributed by atoms with Crippen LogP contribution in [0, 0.1) is 11.6 Å². The van der Waals surface area contributed by atoms with E-state index >= 15 is 0 Å². The number of nitrogens with one attached hydrogen (secondary N) is 1. The van der Waals surface area contributed by atoms with E-state index < -0.39 is 11.6 Å². The Hall–Kier alpha value is -1.69. The number of benzene rings is 1. The SMILES string of the molecule is CNc1ncccc1COc1c(F)cc(F)cc1Br. The van der Waals surface area contributed by atoms with Gasteiger partial charge in [0.2, 0.25) is 0 Å². The fraction of sp³-hybridized carbons (Fsp3) is 0.154. The van der Waals surface area contributed by atoms with Crippen LogP contribution in [0.3, 0.4) is 0 Å². The highest BCUT2D eigenvalue weighted by molar-refractivity contribution is 9.10. The number of nitrogens with zero attached hydrogens (tertiary/aromatic N) is 1. The molecule has 0 aliphatic heterocycles. The molecule has 1 aromatic carbocycles. The molecule has 3 nitrogen and oxygen atoms in total. The number of ether oxygens (including phenoxy) is 1. The summed E-state index contributed by atoms with van der Waals surface area (Å²) < 4.78 is 32.1. The van der Waals surface area contributed by atoms with Crippen molar-refractivity contribution in [3.8, 4) is 5.75 Å². The minimum Gasteiger partial charge on any atom is -0.484 e. The maximum atomic E-state index is 13.6. The normalized spacial score (nSPS) is 10.3. The molecule has 0 saturated carbocycles. The summed E-state index contributed by atoms with van der Waals surface area (Å²) in [5.74, 6) is -0.774. The lowest BCUT2D eigenvalue weighted by Gasteiger charge is -2.11. The highest BCUT2D eigenvalue weighted by Gasteiger charge is 2.12. The molecule has 0 aliphatic carbocycles. The van der Waals surface area contributed by atoms with Crippen molar-refractivity contribution in [3.63, 3.8) is 0 Å². The molecule has 2 rings (SSSR count). The maximum absolute atomic E-state index is 13.6. The Kier molecular flexibility index (Phi) is 4.31. The maximum Gasteiger partial charge on any atom is 0.169 e. The quantitative estimate of drug-likeness (QED) is 0.928. The molecule has 1 heterocycles. The van der Waals surface area contributed by atoms with Crippen LogP contribution in [0.15, 0.2) is 34.9 Å². The van der Waals surface area contributed by atoms with E-state index in [1.807, 2.05) is 6.07 Å². The van der Waals surface area contributed by atoms with Gasteiger partial charge in [0.1, 0.15) is 18.2 Å². The van der Waals surface area contributed by atoms with Crippen LogP contribution in [0.5, 0.6) is 5.75 Å². The standard InChI is InChI=1S/C13H11BrF2N2O/c1-17-13-8(3-2-4-18-13)7-19-12-10(14)5-9(15)6-11(12)16/h2-6H,7H2,1H3,(H,17,18). The van der Waals surface area contributed by atoms with Gasteiger partial charge in [-0.3, -0.25) is 0 Å². The number of rotatable bonds is 4. The van der Waals surface area contributed by atoms with Gasteiger partial charge in [-0.05, 0) is 28.1 Å². The van der Waals surface area contributed by atoms with Gasteiger partial charge in [0.05, 0.1) is 4.47 Å². The van der Waals surface area contributed by atoms with Crippen LogP contribution in [-0.4, -0.2) is 12.0 Å². The van der Waals surface area contributed by atoms with Crippen LogP contribution in [-0.2, 0) is 6.61 Å². The molecule has 0 aliphatic rings. The topological polar surface area (TPSA) is 34.2 Å². The molecule has 0 amide bonds. The lowest BCUT2D eigenvalue weighted by atomic mass is 10.2. The Labute approximate surface area is 117 Å². The molecular weight excluding hydrogens is 318 g/mol. The first-order valence-corrected chi connectivity index (χ1v) is 6.30. The van der Waals surface area contributed by atoms with Gasteiger partial charge in [0, 0.05) is 24.9 Å². The second-order valence-electron chi connectivity index (χ2n) is 3.75. The molecule has 2 aromatic rings. The van der Waals surface area contributed by atoms with E-state index in [1.54, 1.807) is 19.3 Å². The van der Waals surface area contributed by atoms with E-state index in [0.29, 0.717) is 5.82 Å². The van der Waals surface area contributed by atoms with E-state index in [1.165, 1.54) is 0 Å². The summed E-state index contributed by atoms with van der Waals surface area (Å²) in [5.41, 5.74) is 0.778. The number of aromatic nitrogens is 1. The van der Waals surface area contributed by atoms with E-state index in [9.17, 15) is 8.78 Å². The molecule has 0 spiro atoms. The third kappa shape index (κ3) is 3.20. The minimum absolute atomic E-state index is 0.0210. The Bertz CT molecular complexity index is 570. The third-order valence-corrected chi connectivity index (χ3v) is 3.05. The molecule has 100 valence electrons. The Morgan fingerprint density at radius 2 is 2.16 bits per heavy atom. The molecule has 0 radical (unpaired) electrons. The zero-order chi connectivity index (χ0) is 13.8. The Morgan fingerprint density at radius 1 is 1.37 bits per heavy atom. The van der Waals surface area contributed by atoms with Crippen LogP contribution in [0.1, 0.15) is 5.56 Å². The van der Waals surface area contributed by atoms with Crippen LogP contribution in [0.2, 0.25) is 0 Å². The fourth-order valence-corrected chi connectivity index (χ4v) is 2.12. The largest absolute Gasteiger partial charge is 0.484 e. The van der Waals surface area contributed by atoms with Gasteiger partial charge in [0.15, 0.2) is 11.6 Å². The van der Waals surface area contributed by atoms with Crippen molar-refractivity contribution >= 4 is 21.7 Å². The average Bonchev–Trinajstić information content (AvgIpc) is 2.38. The molecule has 19 heavy (non-hydrogen) atoms. The summed E-state index contributed by atoms with van der Waals surface area (Å²) in [4.78, 5) is 4.11. The lowest BCUT2D eigenvalue weighted by Crippen LogP contribution is -2.03. The molecule has 0 saturated heterocycles. The van der Waals surface area contributed by atoms with Crippen molar-refractivity contribution in [1.29, 1.82) is 0 Å². The molecular formula is C13H11BrF2N2O. The molecule has 0 atom stereocenters. The summed E-state index contributed by atoms with van der Waals surface area (Å²) >= 11 is 3.07. The van der Waals surface area contributed by atoms with Crippen molar-refractivity contribution in [2.45, 2.75) is 6.61 Å². The summed E-state index contributed by atoms with van der Waals surface area (Å²) in [6, 6.07) is 5.51.